The lowest BCUT2D eigenvalue weighted by atomic mass is 10.0. The van der Waals surface area contributed by atoms with Gasteiger partial charge < -0.3 is 14.2 Å². The van der Waals surface area contributed by atoms with E-state index in [4.69, 9.17) is 26.4 Å². The minimum absolute atomic E-state index is 0.0198. The lowest BCUT2D eigenvalue weighted by Crippen LogP contribution is -2.54. The van der Waals surface area contributed by atoms with Gasteiger partial charge in [-0.05, 0) is 72.7 Å². The molecule has 1 saturated heterocycles. The Kier molecular flexibility index (Phi) is 5.84. The molecule has 2 aromatic carbocycles. The maximum atomic E-state index is 13.1. The van der Waals surface area contributed by atoms with Crippen molar-refractivity contribution in [3.05, 3.63) is 53.1 Å². The van der Waals surface area contributed by atoms with Gasteiger partial charge >= 0.3 is 0 Å². The summed E-state index contributed by atoms with van der Waals surface area (Å²) in [6.07, 6.45) is 1.52. The molecule has 0 spiro atoms. The topological polar surface area (TPSA) is 77.1 Å². The molecule has 1 heterocycles. The van der Waals surface area contributed by atoms with E-state index in [0.29, 0.717) is 28.5 Å². The van der Waals surface area contributed by atoms with E-state index in [1.807, 2.05) is 6.92 Å². The van der Waals surface area contributed by atoms with E-state index < -0.39 is 11.8 Å². The van der Waals surface area contributed by atoms with Gasteiger partial charge in [-0.2, -0.15) is 0 Å². The van der Waals surface area contributed by atoms with Crippen molar-refractivity contribution in [2.24, 2.45) is 0 Å². The third-order valence-corrected chi connectivity index (χ3v) is 4.79. The van der Waals surface area contributed by atoms with Crippen molar-refractivity contribution in [1.82, 2.24) is 5.32 Å². The first-order valence-corrected chi connectivity index (χ1v) is 9.08. The zero-order chi connectivity index (χ0) is 21.1. The summed E-state index contributed by atoms with van der Waals surface area (Å²) in [6, 6.07) is 10.3. The van der Waals surface area contributed by atoms with Crippen molar-refractivity contribution in [3.63, 3.8) is 0 Å². The number of ether oxygens (including phenoxy) is 3. The molecule has 1 aliphatic heterocycles. The summed E-state index contributed by atoms with van der Waals surface area (Å²) in [4.78, 5) is 26.9. The third-order valence-electron chi connectivity index (χ3n) is 4.50. The zero-order valence-electron chi connectivity index (χ0n) is 16.4. The second-order valence-electron chi connectivity index (χ2n) is 6.22. The van der Waals surface area contributed by atoms with E-state index in [2.05, 4.69) is 5.32 Å². The van der Waals surface area contributed by atoms with Crippen LogP contribution < -0.4 is 24.4 Å². The highest BCUT2D eigenvalue weighted by Gasteiger charge is 2.34. The predicted octanol–water partition coefficient (Wildman–Crippen LogP) is 2.85. The molecule has 150 valence electrons. The van der Waals surface area contributed by atoms with Crippen molar-refractivity contribution < 1.29 is 23.8 Å². The molecule has 1 aliphatic rings. The highest BCUT2D eigenvalue weighted by atomic mass is 32.1. The van der Waals surface area contributed by atoms with Crippen LogP contribution in [0.2, 0.25) is 0 Å². The Morgan fingerprint density at radius 1 is 0.966 bits per heavy atom. The normalized spacial score (nSPS) is 15.4. The quantitative estimate of drug-likeness (QED) is 0.462. The van der Waals surface area contributed by atoms with E-state index >= 15 is 0 Å². The molecule has 0 aromatic heterocycles. The fraction of sp³-hybridized carbons (Fsp3) is 0.190. The average Bonchev–Trinajstić information content (AvgIpc) is 2.72. The highest BCUT2D eigenvalue weighted by Crippen LogP contribution is 2.32. The maximum absolute atomic E-state index is 13.1. The van der Waals surface area contributed by atoms with Gasteiger partial charge in [-0.1, -0.05) is 0 Å². The standard InChI is InChI=1S/C21H20N2O5S/c1-12-9-17(27-3)18(28-4)11-13(12)10-16-19(24)22-21(29)23(20(16)25)14-5-7-15(26-2)8-6-14/h5-11H,1-4H3,(H,22,24,29)/b16-10+. The molecule has 1 N–H and O–H groups in total. The van der Waals surface area contributed by atoms with E-state index in [1.54, 1.807) is 50.6 Å². The van der Waals surface area contributed by atoms with Crippen LogP contribution in [0.25, 0.3) is 6.08 Å². The van der Waals surface area contributed by atoms with Crippen LogP contribution in [0.4, 0.5) is 5.69 Å². The highest BCUT2D eigenvalue weighted by molar-refractivity contribution is 7.80. The van der Waals surface area contributed by atoms with Crippen LogP contribution in [0.5, 0.6) is 17.2 Å². The second kappa shape index (κ2) is 8.32. The summed E-state index contributed by atoms with van der Waals surface area (Å²) in [6.45, 7) is 1.85. The van der Waals surface area contributed by atoms with Crippen LogP contribution in [0.1, 0.15) is 11.1 Å². The number of amides is 2. The Labute approximate surface area is 173 Å². The molecule has 8 heteroatoms. The summed E-state index contributed by atoms with van der Waals surface area (Å²) < 4.78 is 15.7. The number of anilines is 1. The van der Waals surface area contributed by atoms with Crippen LogP contribution >= 0.6 is 12.2 Å². The Balaban J connectivity index is 2.03. The lowest BCUT2D eigenvalue weighted by molar-refractivity contribution is -0.122. The molecule has 1 fully saturated rings. The maximum Gasteiger partial charge on any atom is 0.270 e. The fourth-order valence-electron chi connectivity index (χ4n) is 2.93. The third kappa shape index (κ3) is 3.93. The summed E-state index contributed by atoms with van der Waals surface area (Å²) >= 11 is 5.22. The Morgan fingerprint density at radius 3 is 2.17 bits per heavy atom. The number of nitrogens with one attached hydrogen (secondary N) is 1. The van der Waals surface area contributed by atoms with Crippen LogP contribution in [-0.4, -0.2) is 38.3 Å². The van der Waals surface area contributed by atoms with Crippen molar-refractivity contribution in [2.75, 3.05) is 26.2 Å². The number of carbonyl (C=O) groups excluding carboxylic acids is 2. The average molecular weight is 412 g/mol. The molecule has 7 nitrogen and oxygen atoms in total. The largest absolute Gasteiger partial charge is 0.497 e. The summed E-state index contributed by atoms with van der Waals surface area (Å²) in [5, 5.41) is 2.59. The Hall–Kier alpha value is -3.39. The molecular formula is C21H20N2O5S. The number of benzene rings is 2. The van der Waals surface area contributed by atoms with Crippen molar-refractivity contribution in [3.8, 4) is 17.2 Å². The van der Waals surface area contributed by atoms with Gasteiger partial charge in [0, 0.05) is 0 Å². The van der Waals surface area contributed by atoms with E-state index in [0.717, 1.165) is 5.56 Å². The van der Waals surface area contributed by atoms with Gasteiger partial charge in [0.15, 0.2) is 16.6 Å². The van der Waals surface area contributed by atoms with Crippen LogP contribution in [0, 0.1) is 6.92 Å². The van der Waals surface area contributed by atoms with Gasteiger partial charge in [-0.15, -0.1) is 0 Å². The smallest absolute Gasteiger partial charge is 0.270 e. The van der Waals surface area contributed by atoms with E-state index in [1.165, 1.54) is 18.1 Å². The fourth-order valence-corrected chi connectivity index (χ4v) is 3.21. The van der Waals surface area contributed by atoms with Gasteiger partial charge in [0.25, 0.3) is 11.8 Å². The number of carbonyl (C=O) groups is 2. The number of aryl methyl sites for hydroxylation is 1. The minimum Gasteiger partial charge on any atom is -0.497 e. The summed E-state index contributed by atoms with van der Waals surface area (Å²) in [5.41, 5.74) is 1.96. The van der Waals surface area contributed by atoms with Gasteiger partial charge in [0.2, 0.25) is 0 Å². The van der Waals surface area contributed by atoms with Gasteiger partial charge in [-0.3, -0.25) is 19.8 Å². The molecule has 0 atom stereocenters. The molecule has 0 unspecified atom stereocenters. The molecule has 0 radical (unpaired) electrons. The molecule has 29 heavy (non-hydrogen) atoms. The monoisotopic (exact) mass is 412 g/mol. The molecular weight excluding hydrogens is 392 g/mol. The molecule has 0 aliphatic carbocycles. The van der Waals surface area contributed by atoms with Gasteiger partial charge in [0.05, 0.1) is 27.0 Å². The first-order chi connectivity index (χ1) is 13.9. The van der Waals surface area contributed by atoms with Crippen LogP contribution in [0.3, 0.4) is 0 Å². The number of hydrogen-bond donors (Lipinski definition) is 1. The number of hydrogen-bond acceptors (Lipinski definition) is 6. The predicted molar refractivity (Wildman–Crippen MR) is 113 cm³/mol. The first kappa shape index (κ1) is 20.3. The number of thiocarbonyl (C=S) groups is 1. The molecule has 2 aromatic rings. The summed E-state index contributed by atoms with van der Waals surface area (Å²) in [5.74, 6) is 0.630. The lowest BCUT2D eigenvalue weighted by Gasteiger charge is -2.29. The minimum atomic E-state index is -0.557. The number of nitrogens with zero attached hydrogens (tertiary/aromatic N) is 1. The van der Waals surface area contributed by atoms with Gasteiger partial charge in [-0.25, -0.2) is 0 Å². The van der Waals surface area contributed by atoms with Crippen LogP contribution in [-0.2, 0) is 9.59 Å². The van der Waals surface area contributed by atoms with E-state index in [-0.39, 0.29) is 10.7 Å². The number of methoxy groups -OCH3 is 3. The molecule has 0 bridgehead atoms. The Bertz CT molecular complexity index is 1010. The van der Waals surface area contributed by atoms with Crippen LogP contribution in [0.15, 0.2) is 42.0 Å². The van der Waals surface area contributed by atoms with Crippen molar-refractivity contribution in [2.45, 2.75) is 6.92 Å². The Morgan fingerprint density at radius 2 is 1.59 bits per heavy atom. The second-order valence-corrected chi connectivity index (χ2v) is 6.61. The first-order valence-electron chi connectivity index (χ1n) is 8.67. The summed E-state index contributed by atoms with van der Waals surface area (Å²) in [7, 11) is 4.62. The number of rotatable bonds is 5. The molecule has 2 amide bonds. The van der Waals surface area contributed by atoms with Gasteiger partial charge in [0.1, 0.15) is 11.3 Å². The van der Waals surface area contributed by atoms with E-state index in [9.17, 15) is 9.59 Å². The zero-order valence-corrected chi connectivity index (χ0v) is 17.3. The van der Waals surface area contributed by atoms with Crippen molar-refractivity contribution in [1.29, 1.82) is 0 Å². The SMILES string of the molecule is COc1ccc(N2C(=O)/C(=C/c3cc(OC)c(OC)cc3C)C(=O)NC2=S)cc1. The van der Waals surface area contributed by atoms with Crippen molar-refractivity contribution >= 4 is 40.9 Å². The molecule has 0 saturated carbocycles. The molecule has 3 rings (SSSR count).